The van der Waals surface area contributed by atoms with Crippen molar-refractivity contribution in [2.45, 2.75) is 20.0 Å². The van der Waals surface area contributed by atoms with Gasteiger partial charge in [0.1, 0.15) is 17.2 Å². The second-order valence-electron chi connectivity index (χ2n) is 9.43. The van der Waals surface area contributed by atoms with Crippen molar-refractivity contribution in [3.8, 4) is 28.4 Å². The lowest BCUT2D eigenvalue weighted by Crippen LogP contribution is -2.33. The van der Waals surface area contributed by atoms with Crippen molar-refractivity contribution in [3.05, 3.63) is 126 Å². The van der Waals surface area contributed by atoms with E-state index in [0.29, 0.717) is 35.0 Å². The van der Waals surface area contributed by atoms with Crippen LogP contribution < -0.4 is 19.6 Å². The molecule has 1 amide bonds. The summed E-state index contributed by atoms with van der Waals surface area (Å²) in [4.78, 5) is 25.7. The standard InChI is InChI=1S/C35H30N2O5/c1-3-40-29-18-15-28(16-19-29)35(39)42-33-22-17-27-11-7-8-12-31(27)32(33)23-36-37-34(38)24(2)41-30-20-13-26(14-21-30)25-9-5-4-6-10-25/h4-24H,3H2,1-2H3,(H,37,38)/b36-23-/t24-/m0/s1. The molecule has 42 heavy (non-hydrogen) atoms. The van der Waals surface area contributed by atoms with Crippen molar-refractivity contribution >= 4 is 28.9 Å². The molecule has 0 aliphatic carbocycles. The van der Waals surface area contributed by atoms with E-state index in [1.807, 2.05) is 91.9 Å². The number of nitrogens with zero attached hydrogens (tertiary/aromatic N) is 1. The highest BCUT2D eigenvalue weighted by atomic mass is 16.5. The highest BCUT2D eigenvalue weighted by molar-refractivity contribution is 6.04. The Labute approximate surface area is 244 Å². The number of nitrogens with one attached hydrogen (secondary N) is 1. The monoisotopic (exact) mass is 558 g/mol. The lowest BCUT2D eigenvalue weighted by molar-refractivity contribution is -0.127. The smallest absolute Gasteiger partial charge is 0.343 e. The normalized spacial score (nSPS) is 11.7. The molecule has 5 aromatic rings. The molecule has 7 nitrogen and oxygen atoms in total. The lowest BCUT2D eigenvalue weighted by atomic mass is 10.0. The molecule has 0 aliphatic heterocycles. The fourth-order valence-electron chi connectivity index (χ4n) is 4.38. The number of hydrogen-bond donors (Lipinski definition) is 1. The Hall–Kier alpha value is -5.43. The van der Waals surface area contributed by atoms with Gasteiger partial charge in [0, 0.05) is 5.56 Å². The molecule has 0 saturated heterocycles. The lowest BCUT2D eigenvalue weighted by Gasteiger charge is -2.14. The molecule has 0 saturated carbocycles. The Kier molecular flexibility index (Phi) is 8.89. The minimum Gasteiger partial charge on any atom is -0.494 e. The molecular weight excluding hydrogens is 528 g/mol. The van der Waals surface area contributed by atoms with E-state index < -0.39 is 18.0 Å². The van der Waals surface area contributed by atoms with Gasteiger partial charge in [0.15, 0.2) is 6.10 Å². The Morgan fingerprint density at radius 1 is 0.786 bits per heavy atom. The van der Waals surface area contributed by atoms with Crippen LogP contribution in [0, 0.1) is 0 Å². The first-order valence-electron chi connectivity index (χ1n) is 13.6. The number of amides is 1. The van der Waals surface area contributed by atoms with E-state index in [1.54, 1.807) is 37.3 Å². The van der Waals surface area contributed by atoms with Gasteiger partial charge in [-0.05, 0) is 78.2 Å². The number of carbonyl (C=O) groups is 2. The van der Waals surface area contributed by atoms with Gasteiger partial charge in [0.25, 0.3) is 5.91 Å². The maximum atomic E-state index is 12.9. The molecule has 0 heterocycles. The molecule has 5 rings (SSSR count). The quantitative estimate of drug-likeness (QED) is 0.0860. The zero-order valence-electron chi connectivity index (χ0n) is 23.3. The van der Waals surface area contributed by atoms with Crippen molar-refractivity contribution in [2.75, 3.05) is 6.61 Å². The minimum atomic E-state index is -0.797. The van der Waals surface area contributed by atoms with E-state index in [-0.39, 0.29) is 0 Å². The average Bonchev–Trinajstić information content (AvgIpc) is 3.03. The van der Waals surface area contributed by atoms with Gasteiger partial charge in [0.2, 0.25) is 0 Å². The largest absolute Gasteiger partial charge is 0.494 e. The number of esters is 1. The van der Waals surface area contributed by atoms with Gasteiger partial charge < -0.3 is 14.2 Å². The Morgan fingerprint density at radius 2 is 1.45 bits per heavy atom. The maximum Gasteiger partial charge on any atom is 0.343 e. The first kappa shape index (κ1) is 28.1. The van der Waals surface area contributed by atoms with Gasteiger partial charge in [0.05, 0.1) is 18.4 Å². The van der Waals surface area contributed by atoms with Crippen molar-refractivity contribution < 1.29 is 23.8 Å². The van der Waals surface area contributed by atoms with Crippen molar-refractivity contribution in [1.29, 1.82) is 0 Å². The van der Waals surface area contributed by atoms with Crippen LogP contribution in [-0.2, 0) is 4.79 Å². The van der Waals surface area contributed by atoms with Crippen LogP contribution in [0.2, 0.25) is 0 Å². The molecule has 0 radical (unpaired) electrons. The summed E-state index contributed by atoms with van der Waals surface area (Å²) in [5.41, 5.74) is 5.62. The number of benzene rings is 5. The van der Waals surface area contributed by atoms with E-state index in [0.717, 1.165) is 21.9 Å². The maximum absolute atomic E-state index is 12.9. The minimum absolute atomic E-state index is 0.313. The fourth-order valence-corrected chi connectivity index (χ4v) is 4.38. The van der Waals surface area contributed by atoms with E-state index in [9.17, 15) is 9.59 Å². The fraction of sp³-hybridized carbons (Fsp3) is 0.114. The summed E-state index contributed by atoms with van der Waals surface area (Å²) in [6, 6.07) is 35.5. The summed E-state index contributed by atoms with van der Waals surface area (Å²) in [5, 5.41) is 5.92. The summed E-state index contributed by atoms with van der Waals surface area (Å²) < 4.78 is 17.0. The molecule has 210 valence electrons. The molecule has 0 spiro atoms. The molecule has 0 bridgehead atoms. The Morgan fingerprint density at radius 3 is 2.19 bits per heavy atom. The first-order valence-corrected chi connectivity index (χ1v) is 13.6. The molecule has 1 atom stereocenters. The molecule has 0 aliphatic rings. The highest BCUT2D eigenvalue weighted by Gasteiger charge is 2.16. The van der Waals surface area contributed by atoms with Crippen LogP contribution in [-0.4, -0.2) is 30.8 Å². The van der Waals surface area contributed by atoms with Crippen molar-refractivity contribution in [1.82, 2.24) is 5.43 Å². The number of fused-ring (bicyclic) bond motifs is 1. The van der Waals surface area contributed by atoms with Gasteiger partial charge in [-0.3, -0.25) is 4.79 Å². The topological polar surface area (TPSA) is 86.2 Å². The number of rotatable bonds is 10. The Bertz CT molecular complexity index is 1700. The van der Waals surface area contributed by atoms with Crippen LogP contribution in [0.15, 0.2) is 120 Å². The number of hydrazone groups is 1. The van der Waals surface area contributed by atoms with Crippen LogP contribution in [0.25, 0.3) is 21.9 Å². The second-order valence-corrected chi connectivity index (χ2v) is 9.43. The molecule has 1 N–H and O–H groups in total. The summed E-state index contributed by atoms with van der Waals surface area (Å²) in [6.07, 6.45) is 0.678. The second kappa shape index (κ2) is 13.3. The first-order chi connectivity index (χ1) is 20.5. The zero-order valence-corrected chi connectivity index (χ0v) is 23.3. The SMILES string of the molecule is CCOc1ccc(C(=O)Oc2ccc3ccccc3c2/C=N\NC(=O)[C@H](C)Oc2ccc(-c3ccccc3)cc2)cc1. The van der Waals surface area contributed by atoms with Gasteiger partial charge in [-0.15, -0.1) is 0 Å². The third kappa shape index (κ3) is 6.82. The third-order valence-corrected chi connectivity index (χ3v) is 6.55. The molecule has 0 unspecified atom stereocenters. The van der Waals surface area contributed by atoms with Crippen LogP contribution >= 0.6 is 0 Å². The number of carbonyl (C=O) groups excluding carboxylic acids is 2. The average molecular weight is 559 g/mol. The molecule has 0 fully saturated rings. The van der Waals surface area contributed by atoms with E-state index in [2.05, 4.69) is 10.5 Å². The number of hydrogen-bond acceptors (Lipinski definition) is 6. The molecular formula is C35H30N2O5. The summed E-state index contributed by atoms with van der Waals surface area (Å²) in [7, 11) is 0. The van der Waals surface area contributed by atoms with E-state index >= 15 is 0 Å². The van der Waals surface area contributed by atoms with Gasteiger partial charge in [-0.1, -0.05) is 72.8 Å². The van der Waals surface area contributed by atoms with Crippen molar-refractivity contribution in [3.63, 3.8) is 0 Å². The third-order valence-electron chi connectivity index (χ3n) is 6.55. The summed E-state index contributed by atoms with van der Waals surface area (Å²) >= 11 is 0. The van der Waals surface area contributed by atoms with E-state index in [1.165, 1.54) is 6.21 Å². The van der Waals surface area contributed by atoms with Crippen LogP contribution in [0.4, 0.5) is 0 Å². The molecule has 0 aromatic heterocycles. The van der Waals surface area contributed by atoms with Gasteiger partial charge in [-0.2, -0.15) is 5.10 Å². The molecule has 7 heteroatoms. The Balaban J connectivity index is 1.27. The van der Waals surface area contributed by atoms with Gasteiger partial charge >= 0.3 is 5.97 Å². The predicted octanol–water partition coefficient (Wildman–Crippen LogP) is 7.04. The predicted molar refractivity (Wildman–Crippen MR) is 164 cm³/mol. The molecule has 5 aromatic carbocycles. The van der Waals surface area contributed by atoms with Gasteiger partial charge in [-0.25, -0.2) is 10.2 Å². The van der Waals surface area contributed by atoms with Crippen LogP contribution in [0.5, 0.6) is 17.2 Å². The van der Waals surface area contributed by atoms with Crippen molar-refractivity contribution in [2.24, 2.45) is 5.10 Å². The summed E-state index contributed by atoms with van der Waals surface area (Å²) in [6.45, 7) is 4.08. The zero-order chi connectivity index (χ0) is 29.3. The van der Waals surface area contributed by atoms with Crippen LogP contribution in [0.1, 0.15) is 29.8 Å². The van der Waals surface area contributed by atoms with E-state index in [4.69, 9.17) is 14.2 Å². The highest BCUT2D eigenvalue weighted by Crippen LogP contribution is 2.28. The number of ether oxygens (including phenoxy) is 3. The van der Waals surface area contributed by atoms with Crippen LogP contribution in [0.3, 0.4) is 0 Å². The summed E-state index contributed by atoms with van der Waals surface area (Å²) in [5.74, 6) is 0.608.